The van der Waals surface area contributed by atoms with E-state index in [-0.39, 0.29) is 12.7 Å². The van der Waals surface area contributed by atoms with Crippen LogP contribution in [0.1, 0.15) is 32.1 Å². The number of ether oxygens (including phenoxy) is 2. The number of hydrogen-bond acceptors (Lipinski definition) is 2. The van der Waals surface area contributed by atoms with Crippen LogP contribution in [0.2, 0.25) is 0 Å². The molecule has 144 valence electrons. The zero-order valence-corrected chi connectivity index (χ0v) is 12.5. The largest absolute Gasteiger partial charge is 0.460 e. The van der Waals surface area contributed by atoms with Gasteiger partial charge in [0.05, 0.1) is 12.7 Å². The van der Waals surface area contributed by atoms with E-state index in [0.29, 0.717) is 13.0 Å². The van der Waals surface area contributed by atoms with Crippen molar-refractivity contribution in [1.82, 2.24) is 0 Å². The average molecular weight is 376 g/mol. The molecular weight excluding hydrogens is 359 g/mol. The Morgan fingerprint density at radius 2 is 1.50 bits per heavy atom. The van der Waals surface area contributed by atoms with Crippen LogP contribution in [0.15, 0.2) is 0 Å². The van der Waals surface area contributed by atoms with E-state index >= 15 is 0 Å². The molecule has 1 rings (SSSR count). The topological polar surface area (TPSA) is 18.5 Å². The van der Waals surface area contributed by atoms with Crippen LogP contribution in [0.4, 0.5) is 39.5 Å². The Kier molecular flexibility index (Phi) is 6.82. The van der Waals surface area contributed by atoms with Crippen LogP contribution in [-0.2, 0) is 9.47 Å². The summed E-state index contributed by atoms with van der Waals surface area (Å²) in [6.45, 7) is 0.0363. The first-order valence-electron chi connectivity index (χ1n) is 7.22. The van der Waals surface area contributed by atoms with Crippen molar-refractivity contribution in [3.8, 4) is 0 Å². The monoisotopic (exact) mass is 376 g/mol. The highest BCUT2D eigenvalue weighted by atomic mass is 19.4. The van der Waals surface area contributed by atoms with Gasteiger partial charge in [0, 0.05) is 19.6 Å². The lowest BCUT2D eigenvalue weighted by Crippen LogP contribution is -2.60. The van der Waals surface area contributed by atoms with E-state index in [4.69, 9.17) is 9.47 Å². The summed E-state index contributed by atoms with van der Waals surface area (Å²) in [5, 5.41) is 0. The van der Waals surface area contributed by atoms with Gasteiger partial charge in [0.15, 0.2) is 0 Å². The van der Waals surface area contributed by atoms with Gasteiger partial charge in [-0.25, -0.2) is 0 Å². The van der Waals surface area contributed by atoms with Gasteiger partial charge < -0.3 is 9.47 Å². The third-order valence-electron chi connectivity index (χ3n) is 3.57. The predicted octanol–water partition coefficient (Wildman–Crippen LogP) is 4.82. The van der Waals surface area contributed by atoms with Gasteiger partial charge in [-0.3, -0.25) is 0 Å². The van der Waals surface area contributed by atoms with Gasteiger partial charge in [-0.15, -0.1) is 0 Å². The molecule has 1 atom stereocenters. The first-order valence-corrected chi connectivity index (χ1v) is 7.22. The second-order valence-electron chi connectivity index (χ2n) is 5.52. The van der Waals surface area contributed by atoms with E-state index in [9.17, 15) is 39.5 Å². The molecule has 0 N–H and O–H groups in total. The van der Waals surface area contributed by atoms with Crippen LogP contribution in [0.5, 0.6) is 0 Å². The molecule has 1 aliphatic heterocycles. The summed E-state index contributed by atoms with van der Waals surface area (Å²) in [6, 6.07) is 0. The van der Waals surface area contributed by atoms with E-state index in [1.807, 2.05) is 0 Å². The molecule has 0 bridgehead atoms. The number of alkyl halides is 9. The van der Waals surface area contributed by atoms with Crippen LogP contribution in [0.25, 0.3) is 0 Å². The molecule has 1 unspecified atom stereocenters. The standard InChI is InChI=1S/C13H17F9O2/c14-10(15,11(16,17)12(18,19)13(20,21)22)5-3-6-23-8-9-4-1-2-7-24-9/h9H,1-8H2. The molecule has 24 heavy (non-hydrogen) atoms. The van der Waals surface area contributed by atoms with Gasteiger partial charge in [0.2, 0.25) is 0 Å². The highest BCUT2D eigenvalue weighted by molar-refractivity contribution is 5.00. The van der Waals surface area contributed by atoms with Crippen molar-refractivity contribution < 1.29 is 49.0 Å². The molecule has 0 spiro atoms. The number of halogens is 9. The summed E-state index contributed by atoms with van der Waals surface area (Å²) in [5.74, 6) is -18.9. The molecule has 0 aliphatic carbocycles. The molecule has 0 aromatic carbocycles. The maximum absolute atomic E-state index is 13.2. The van der Waals surface area contributed by atoms with Crippen molar-refractivity contribution in [2.24, 2.45) is 0 Å². The van der Waals surface area contributed by atoms with Crippen molar-refractivity contribution in [2.75, 3.05) is 19.8 Å². The number of hydrogen-bond donors (Lipinski definition) is 0. The maximum Gasteiger partial charge on any atom is 0.460 e. The van der Waals surface area contributed by atoms with E-state index in [0.717, 1.165) is 12.8 Å². The Balaban J connectivity index is 2.47. The van der Waals surface area contributed by atoms with Crippen molar-refractivity contribution in [1.29, 1.82) is 0 Å². The summed E-state index contributed by atoms with van der Waals surface area (Å²) in [4.78, 5) is 0. The fourth-order valence-corrected chi connectivity index (χ4v) is 2.11. The molecule has 1 saturated heterocycles. The van der Waals surface area contributed by atoms with Gasteiger partial charge in [0.1, 0.15) is 0 Å². The Morgan fingerprint density at radius 3 is 2.00 bits per heavy atom. The van der Waals surface area contributed by atoms with Gasteiger partial charge in [0.25, 0.3) is 0 Å². The third kappa shape index (κ3) is 4.68. The lowest BCUT2D eigenvalue weighted by molar-refractivity contribution is -0.396. The molecule has 2 nitrogen and oxygen atoms in total. The maximum atomic E-state index is 13.2. The van der Waals surface area contributed by atoms with Crippen LogP contribution < -0.4 is 0 Å². The highest BCUT2D eigenvalue weighted by Gasteiger charge is 2.81. The molecule has 0 aromatic heterocycles. The fraction of sp³-hybridized carbons (Fsp3) is 1.00. The SMILES string of the molecule is FC(F)(F)C(F)(F)C(F)(F)C(F)(F)CCCOCC1CCCCO1. The van der Waals surface area contributed by atoms with E-state index in [1.54, 1.807) is 0 Å². The van der Waals surface area contributed by atoms with Gasteiger partial charge >= 0.3 is 23.9 Å². The molecule has 0 saturated carbocycles. The van der Waals surface area contributed by atoms with Gasteiger partial charge in [-0.05, 0) is 25.7 Å². The normalized spacial score (nSPS) is 21.1. The van der Waals surface area contributed by atoms with Crippen LogP contribution in [0, 0.1) is 0 Å². The Bertz CT molecular complexity index is 389. The summed E-state index contributed by atoms with van der Waals surface area (Å²) in [6.07, 6.45) is -7.30. The fourth-order valence-electron chi connectivity index (χ4n) is 2.11. The zero-order chi connectivity index (χ0) is 18.6. The molecule has 0 radical (unpaired) electrons. The second kappa shape index (κ2) is 7.67. The molecule has 1 fully saturated rings. The van der Waals surface area contributed by atoms with E-state index in [1.165, 1.54) is 0 Å². The van der Waals surface area contributed by atoms with E-state index < -0.39 is 43.4 Å². The minimum Gasteiger partial charge on any atom is -0.379 e. The first kappa shape index (κ1) is 21.3. The smallest absolute Gasteiger partial charge is 0.379 e. The summed E-state index contributed by atoms with van der Waals surface area (Å²) >= 11 is 0. The van der Waals surface area contributed by atoms with Crippen LogP contribution >= 0.6 is 0 Å². The lowest BCUT2D eigenvalue weighted by atomic mass is 10.00. The molecular formula is C13H17F9O2. The molecule has 0 aromatic rings. The number of rotatable bonds is 8. The van der Waals surface area contributed by atoms with Crippen LogP contribution in [0.3, 0.4) is 0 Å². The predicted molar refractivity (Wildman–Crippen MR) is 64.5 cm³/mol. The summed E-state index contributed by atoms with van der Waals surface area (Å²) in [5.41, 5.74) is 0. The lowest BCUT2D eigenvalue weighted by Gasteiger charge is -2.33. The van der Waals surface area contributed by atoms with Crippen molar-refractivity contribution >= 4 is 0 Å². The highest BCUT2D eigenvalue weighted by Crippen LogP contribution is 2.54. The average Bonchev–Trinajstić information content (AvgIpc) is 2.46. The quantitative estimate of drug-likeness (QED) is 0.447. The van der Waals surface area contributed by atoms with Crippen molar-refractivity contribution in [3.05, 3.63) is 0 Å². The Labute approximate surface area is 132 Å². The second-order valence-corrected chi connectivity index (χ2v) is 5.52. The van der Waals surface area contributed by atoms with Gasteiger partial charge in [-0.1, -0.05) is 0 Å². The molecule has 0 amide bonds. The molecule has 1 heterocycles. The minimum atomic E-state index is -6.83. The Morgan fingerprint density at radius 1 is 0.875 bits per heavy atom. The van der Waals surface area contributed by atoms with E-state index in [2.05, 4.69) is 0 Å². The zero-order valence-electron chi connectivity index (χ0n) is 12.5. The van der Waals surface area contributed by atoms with Crippen LogP contribution in [-0.4, -0.2) is 49.9 Å². The van der Waals surface area contributed by atoms with Gasteiger partial charge in [-0.2, -0.15) is 39.5 Å². The Hall–Kier alpha value is -0.710. The summed E-state index contributed by atoms with van der Waals surface area (Å²) in [7, 11) is 0. The summed E-state index contributed by atoms with van der Waals surface area (Å²) < 4.78 is 124. The van der Waals surface area contributed by atoms with Crippen molar-refractivity contribution in [2.45, 2.75) is 62.2 Å². The third-order valence-corrected chi connectivity index (χ3v) is 3.57. The molecule has 11 heteroatoms. The minimum absolute atomic E-state index is 0.0146. The van der Waals surface area contributed by atoms with Crippen molar-refractivity contribution in [3.63, 3.8) is 0 Å². The molecule has 1 aliphatic rings. The first-order chi connectivity index (χ1) is 10.8.